The standard InChI is InChI=1S/C21H26N2O4S2/c1-3-26-10-11-27-17-16-18(14-6-4-5-7-15(14)22(2)20(16)24)29-19(17)21(25)23-8-12-28-13-9-23/h4-7,17,19H,3,8-13H2,1-2H3. The van der Waals surface area contributed by atoms with Gasteiger partial charge in [-0.3, -0.25) is 9.59 Å². The second-order valence-electron chi connectivity index (χ2n) is 7.09. The van der Waals surface area contributed by atoms with Crippen molar-refractivity contribution in [2.45, 2.75) is 23.2 Å². The molecule has 2 aliphatic heterocycles. The SMILES string of the molecule is CCOCCOC1c2c(c3ccccc3n(C)c2=O)SC1C(=O)N1CCSCC1. The van der Waals surface area contributed by atoms with Crippen LogP contribution in [0.1, 0.15) is 18.6 Å². The van der Waals surface area contributed by atoms with E-state index in [0.29, 0.717) is 25.4 Å². The largest absolute Gasteiger partial charge is 0.379 e. The number of aromatic nitrogens is 1. The Balaban J connectivity index is 1.73. The van der Waals surface area contributed by atoms with E-state index in [-0.39, 0.29) is 11.5 Å². The summed E-state index contributed by atoms with van der Waals surface area (Å²) >= 11 is 3.36. The lowest BCUT2D eigenvalue weighted by molar-refractivity contribution is -0.133. The zero-order valence-corrected chi connectivity index (χ0v) is 18.4. The van der Waals surface area contributed by atoms with Gasteiger partial charge < -0.3 is 18.9 Å². The van der Waals surface area contributed by atoms with Crippen LogP contribution in [0.5, 0.6) is 0 Å². The van der Waals surface area contributed by atoms with Gasteiger partial charge in [0.15, 0.2) is 0 Å². The van der Waals surface area contributed by atoms with E-state index in [1.807, 2.05) is 47.9 Å². The van der Waals surface area contributed by atoms with E-state index in [2.05, 4.69) is 0 Å². The molecule has 0 aliphatic carbocycles. The maximum Gasteiger partial charge on any atom is 0.257 e. The lowest BCUT2D eigenvalue weighted by atomic mass is 10.0. The first-order valence-corrected chi connectivity index (χ1v) is 12.0. The first-order valence-electron chi connectivity index (χ1n) is 9.97. The van der Waals surface area contributed by atoms with Gasteiger partial charge in [0.2, 0.25) is 5.91 Å². The third-order valence-corrected chi connectivity index (χ3v) is 7.71. The molecule has 0 bridgehead atoms. The van der Waals surface area contributed by atoms with Gasteiger partial charge in [0, 0.05) is 48.5 Å². The van der Waals surface area contributed by atoms with Gasteiger partial charge in [0.05, 0.1) is 24.3 Å². The summed E-state index contributed by atoms with van der Waals surface area (Å²) in [5.74, 6) is 1.98. The van der Waals surface area contributed by atoms with E-state index in [4.69, 9.17) is 9.47 Å². The van der Waals surface area contributed by atoms with E-state index in [0.717, 1.165) is 40.4 Å². The highest BCUT2D eigenvalue weighted by Crippen LogP contribution is 2.48. The van der Waals surface area contributed by atoms with Crippen LogP contribution < -0.4 is 5.56 Å². The Bertz CT molecular complexity index is 956. The van der Waals surface area contributed by atoms with Gasteiger partial charge in [-0.2, -0.15) is 11.8 Å². The molecule has 2 aliphatic rings. The van der Waals surface area contributed by atoms with Crippen molar-refractivity contribution in [2.24, 2.45) is 7.05 Å². The molecule has 1 amide bonds. The fraction of sp³-hybridized carbons (Fsp3) is 0.524. The molecule has 0 saturated carbocycles. The molecule has 1 aromatic heterocycles. The zero-order chi connectivity index (χ0) is 20.4. The minimum Gasteiger partial charge on any atom is -0.379 e. The number of carbonyl (C=O) groups excluding carboxylic acids is 1. The Morgan fingerprint density at radius 3 is 2.72 bits per heavy atom. The van der Waals surface area contributed by atoms with Crippen LogP contribution in [0, 0.1) is 0 Å². The van der Waals surface area contributed by atoms with E-state index in [1.165, 1.54) is 11.8 Å². The number of hydrogen-bond donors (Lipinski definition) is 0. The van der Waals surface area contributed by atoms with E-state index in [1.54, 1.807) is 11.6 Å². The first kappa shape index (κ1) is 20.8. The van der Waals surface area contributed by atoms with Crippen LogP contribution in [-0.4, -0.2) is 65.0 Å². The summed E-state index contributed by atoms with van der Waals surface area (Å²) in [5.41, 5.74) is 1.40. The molecule has 1 aromatic carbocycles. The second-order valence-corrected chi connectivity index (χ2v) is 9.47. The van der Waals surface area contributed by atoms with Gasteiger partial charge in [-0.1, -0.05) is 18.2 Å². The minimum atomic E-state index is -0.555. The summed E-state index contributed by atoms with van der Waals surface area (Å²) in [6.45, 7) is 4.85. The molecule has 0 N–H and O–H groups in total. The number of thioether (sulfide) groups is 2. The average molecular weight is 435 g/mol. The molecule has 6 nitrogen and oxygen atoms in total. The summed E-state index contributed by atoms with van der Waals surface area (Å²) < 4.78 is 13.2. The van der Waals surface area contributed by atoms with E-state index < -0.39 is 11.4 Å². The molecule has 1 saturated heterocycles. The van der Waals surface area contributed by atoms with Crippen molar-refractivity contribution >= 4 is 40.3 Å². The highest BCUT2D eigenvalue weighted by molar-refractivity contribution is 8.01. The van der Waals surface area contributed by atoms with Gasteiger partial charge in [-0.25, -0.2) is 0 Å². The molecular formula is C21H26N2O4S2. The van der Waals surface area contributed by atoms with Crippen molar-refractivity contribution in [1.82, 2.24) is 9.47 Å². The van der Waals surface area contributed by atoms with Crippen LogP contribution in [0.25, 0.3) is 10.9 Å². The Hall–Kier alpha value is -1.48. The van der Waals surface area contributed by atoms with E-state index in [9.17, 15) is 9.59 Å². The van der Waals surface area contributed by atoms with Gasteiger partial charge in [0.25, 0.3) is 5.56 Å². The van der Waals surface area contributed by atoms with E-state index >= 15 is 0 Å². The number of nitrogens with zero attached hydrogens (tertiary/aromatic N) is 2. The number of aryl methyl sites for hydroxylation is 1. The van der Waals surface area contributed by atoms with Crippen molar-refractivity contribution in [3.8, 4) is 0 Å². The number of amides is 1. The quantitative estimate of drug-likeness (QED) is 0.652. The smallest absolute Gasteiger partial charge is 0.257 e. The monoisotopic (exact) mass is 434 g/mol. The van der Waals surface area contributed by atoms with Gasteiger partial charge in [-0.05, 0) is 13.0 Å². The van der Waals surface area contributed by atoms with Crippen LogP contribution in [0.3, 0.4) is 0 Å². The lowest BCUT2D eigenvalue weighted by Gasteiger charge is -2.30. The molecule has 8 heteroatoms. The number of pyridine rings is 1. The highest BCUT2D eigenvalue weighted by atomic mass is 32.2. The Labute approximate surface area is 178 Å². The average Bonchev–Trinajstić information content (AvgIpc) is 3.15. The molecule has 3 heterocycles. The first-order chi connectivity index (χ1) is 14.1. The van der Waals surface area contributed by atoms with Crippen molar-refractivity contribution in [1.29, 1.82) is 0 Å². The molecule has 2 unspecified atom stereocenters. The van der Waals surface area contributed by atoms with Crippen LogP contribution in [0.4, 0.5) is 0 Å². The number of rotatable bonds is 6. The third-order valence-electron chi connectivity index (χ3n) is 5.39. The Morgan fingerprint density at radius 1 is 1.21 bits per heavy atom. The molecule has 0 radical (unpaired) electrons. The summed E-state index contributed by atoms with van der Waals surface area (Å²) in [7, 11) is 1.78. The number of benzene rings is 1. The predicted molar refractivity (Wildman–Crippen MR) is 118 cm³/mol. The summed E-state index contributed by atoms with van der Waals surface area (Å²) in [6.07, 6.45) is -0.555. The van der Waals surface area contributed by atoms with Crippen LogP contribution in [-0.2, 0) is 21.3 Å². The molecule has 0 spiro atoms. The highest BCUT2D eigenvalue weighted by Gasteiger charge is 2.44. The third kappa shape index (κ3) is 3.95. The molecule has 2 aromatic rings. The summed E-state index contributed by atoms with van der Waals surface area (Å²) in [5, 5.41) is 0.561. The number of hydrogen-bond acceptors (Lipinski definition) is 6. The number of ether oxygens (including phenoxy) is 2. The maximum absolute atomic E-state index is 13.4. The van der Waals surface area contributed by atoms with Crippen molar-refractivity contribution in [3.05, 3.63) is 40.2 Å². The molecule has 4 rings (SSSR count). The van der Waals surface area contributed by atoms with Crippen molar-refractivity contribution < 1.29 is 14.3 Å². The van der Waals surface area contributed by atoms with Crippen LogP contribution in [0.15, 0.2) is 34.0 Å². The van der Waals surface area contributed by atoms with Crippen molar-refractivity contribution in [2.75, 3.05) is 44.4 Å². The van der Waals surface area contributed by atoms with Gasteiger partial charge >= 0.3 is 0 Å². The summed E-state index contributed by atoms with van der Waals surface area (Å²) in [6, 6.07) is 7.86. The van der Waals surface area contributed by atoms with Gasteiger partial charge in [-0.15, -0.1) is 11.8 Å². The predicted octanol–water partition coefficient (Wildman–Crippen LogP) is 2.68. The molecular weight excluding hydrogens is 408 g/mol. The number of carbonyl (C=O) groups is 1. The normalized spacial score (nSPS) is 21.5. The van der Waals surface area contributed by atoms with Crippen LogP contribution >= 0.6 is 23.5 Å². The maximum atomic E-state index is 13.4. The summed E-state index contributed by atoms with van der Waals surface area (Å²) in [4.78, 5) is 29.4. The molecule has 29 heavy (non-hydrogen) atoms. The van der Waals surface area contributed by atoms with Crippen molar-refractivity contribution in [3.63, 3.8) is 0 Å². The topological polar surface area (TPSA) is 60.8 Å². The minimum absolute atomic E-state index is 0.0686. The fourth-order valence-corrected chi connectivity index (χ4v) is 6.28. The number of fused-ring (bicyclic) bond motifs is 3. The molecule has 2 atom stereocenters. The number of para-hydroxylation sites is 1. The Morgan fingerprint density at radius 2 is 1.97 bits per heavy atom. The second kappa shape index (κ2) is 9.12. The Kier molecular flexibility index (Phi) is 6.53. The zero-order valence-electron chi connectivity index (χ0n) is 16.8. The molecule has 156 valence electrons. The lowest BCUT2D eigenvalue weighted by Crippen LogP contribution is -2.44. The van der Waals surface area contributed by atoms with Crippen LogP contribution in [0.2, 0.25) is 0 Å². The molecule has 1 fully saturated rings. The van der Waals surface area contributed by atoms with Gasteiger partial charge in [0.1, 0.15) is 11.4 Å². The fourth-order valence-electron chi connectivity index (χ4n) is 3.90.